The molecule has 2 aromatic rings. The maximum Gasteiger partial charge on any atom is 0.273 e. The fraction of sp³-hybridized carbons (Fsp3) is 0.0667. The van der Waals surface area contributed by atoms with Gasteiger partial charge in [0.05, 0.1) is 11.2 Å². The largest absolute Gasteiger partial charge is 0.384 e. The number of nitrogens with two attached hydrogens (primary N) is 1. The van der Waals surface area contributed by atoms with Crippen LogP contribution in [-0.4, -0.2) is 10.9 Å². The lowest BCUT2D eigenvalue weighted by Gasteiger charge is -2.03. The number of hydrogen-bond acceptors (Lipinski definition) is 3. The zero-order chi connectivity index (χ0) is 14.5. The molecule has 4 nitrogen and oxygen atoms in total. The van der Waals surface area contributed by atoms with Crippen LogP contribution < -0.4 is 11.3 Å². The molecule has 0 atom stereocenters. The van der Waals surface area contributed by atoms with Crippen molar-refractivity contribution in [2.24, 2.45) is 5.10 Å². The molecule has 0 saturated heterocycles. The highest BCUT2D eigenvalue weighted by molar-refractivity contribution is 6.41. The lowest BCUT2D eigenvalue weighted by atomic mass is 10.2. The van der Waals surface area contributed by atoms with Crippen molar-refractivity contribution in [3.05, 3.63) is 69.0 Å². The molecule has 2 rings (SSSR count). The van der Waals surface area contributed by atoms with Crippen LogP contribution in [0.2, 0.25) is 0 Å². The molecule has 0 unspecified atom stereocenters. The predicted molar refractivity (Wildman–Crippen MR) is 84.0 cm³/mol. The quantitative estimate of drug-likeness (QED) is 0.883. The molecule has 1 aromatic heterocycles. The van der Waals surface area contributed by atoms with Gasteiger partial charge in [0.2, 0.25) is 0 Å². The van der Waals surface area contributed by atoms with E-state index in [-0.39, 0.29) is 11.4 Å². The van der Waals surface area contributed by atoms with E-state index in [4.69, 9.17) is 17.3 Å². The first-order chi connectivity index (χ1) is 9.56. The van der Waals surface area contributed by atoms with Crippen LogP contribution in [0.1, 0.15) is 11.1 Å². The molecule has 1 aromatic carbocycles. The standard InChI is InChI=1S/C15H14ClN3O/c1-11-7-14(17)19(15(20)8-11)18-10-13(16)9-12-5-3-2-4-6-12/h2-10H,17H2,1H3/b13-9-,18-10-. The van der Waals surface area contributed by atoms with Crippen molar-refractivity contribution in [1.82, 2.24) is 4.68 Å². The maximum absolute atomic E-state index is 11.7. The van der Waals surface area contributed by atoms with Crippen LogP contribution in [-0.2, 0) is 0 Å². The summed E-state index contributed by atoms with van der Waals surface area (Å²) in [5.74, 6) is 0.274. The molecule has 1 heterocycles. The number of aryl methyl sites for hydroxylation is 1. The minimum absolute atomic E-state index is 0.274. The van der Waals surface area contributed by atoms with Gasteiger partial charge >= 0.3 is 0 Å². The summed E-state index contributed by atoms with van der Waals surface area (Å²) >= 11 is 6.06. The van der Waals surface area contributed by atoms with E-state index in [2.05, 4.69) is 5.10 Å². The van der Waals surface area contributed by atoms with E-state index in [0.29, 0.717) is 5.03 Å². The second-order valence-electron chi connectivity index (χ2n) is 4.29. The highest BCUT2D eigenvalue weighted by Gasteiger charge is 1.99. The van der Waals surface area contributed by atoms with Gasteiger partial charge in [-0.2, -0.15) is 9.78 Å². The highest BCUT2D eigenvalue weighted by Crippen LogP contribution is 2.09. The number of anilines is 1. The third-order valence-electron chi connectivity index (χ3n) is 2.58. The molecular formula is C15H14ClN3O. The first-order valence-electron chi connectivity index (χ1n) is 6.02. The Morgan fingerprint density at radius 3 is 2.65 bits per heavy atom. The van der Waals surface area contributed by atoms with Crippen molar-refractivity contribution >= 4 is 29.7 Å². The van der Waals surface area contributed by atoms with Crippen molar-refractivity contribution < 1.29 is 0 Å². The normalized spacial score (nSPS) is 12.0. The fourth-order valence-electron chi connectivity index (χ4n) is 1.70. The summed E-state index contributed by atoms with van der Waals surface area (Å²) in [7, 11) is 0. The Kier molecular flexibility index (Phi) is 4.38. The lowest BCUT2D eigenvalue weighted by Crippen LogP contribution is -2.18. The Labute approximate surface area is 121 Å². The van der Waals surface area contributed by atoms with Gasteiger partial charge in [0.25, 0.3) is 5.56 Å². The number of rotatable bonds is 3. The van der Waals surface area contributed by atoms with E-state index in [0.717, 1.165) is 15.8 Å². The van der Waals surface area contributed by atoms with E-state index in [1.807, 2.05) is 30.3 Å². The van der Waals surface area contributed by atoms with Gasteiger partial charge < -0.3 is 5.73 Å². The minimum atomic E-state index is -0.289. The number of hydrogen-bond donors (Lipinski definition) is 1. The molecule has 0 amide bonds. The molecule has 20 heavy (non-hydrogen) atoms. The Morgan fingerprint density at radius 2 is 2.00 bits per heavy atom. The topological polar surface area (TPSA) is 60.4 Å². The molecule has 0 spiro atoms. The predicted octanol–water partition coefficient (Wildman–Crippen LogP) is 2.85. The minimum Gasteiger partial charge on any atom is -0.384 e. The molecule has 0 aliphatic rings. The smallest absolute Gasteiger partial charge is 0.273 e. The van der Waals surface area contributed by atoms with Gasteiger partial charge in [0.1, 0.15) is 5.82 Å². The third kappa shape index (κ3) is 3.59. The maximum atomic E-state index is 11.7. The van der Waals surface area contributed by atoms with Crippen molar-refractivity contribution in [1.29, 1.82) is 0 Å². The fourth-order valence-corrected chi connectivity index (χ4v) is 1.87. The van der Waals surface area contributed by atoms with Crippen LogP contribution in [0.5, 0.6) is 0 Å². The molecule has 5 heteroatoms. The summed E-state index contributed by atoms with van der Waals surface area (Å²) in [6.45, 7) is 1.80. The van der Waals surface area contributed by atoms with Crippen LogP contribution in [0.3, 0.4) is 0 Å². The number of pyridine rings is 1. The number of benzene rings is 1. The zero-order valence-corrected chi connectivity index (χ0v) is 11.7. The SMILES string of the molecule is Cc1cc(N)n(/N=C\C(Cl)=C\c2ccccc2)c(=O)c1. The average Bonchev–Trinajstić information content (AvgIpc) is 2.38. The van der Waals surface area contributed by atoms with Gasteiger partial charge in [-0.05, 0) is 30.2 Å². The van der Waals surface area contributed by atoms with E-state index >= 15 is 0 Å². The molecule has 0 aliphatic carbocycles. The first kappa shape index (κ1) is 14.1. The summed E-state index contributed by atoms with van der Waals surface area (Å²) in [6, 6.07) is 12.7. The number of nitrogens with zero attached hydrogens (tertiary/aromatic N) is 2. The van der Waals surface area contributed by atoms with E-state index in [1.54, 1.807) is 19.1 Å². The molecular weight excluding hydrogens is 274 g/mol. The van der Waals surface area contributed by atoms with Gasteiger partial charge in [0, 0.05) is 6.07 Å². The molecule has 2 N–H and O–H groups in total. The van der Waals surface area contributed by atoms with Gasteiger partial charge in [-0.3, -0.25) is 4.79 Å². The molecule has 0 fully saturated rings. The second kappa shape index (κ2) is 6.21. The summed E-state index contributed by atoms with van der Waals surface area (Å²) in [6.07, 6.45) is 3.14. The van der Waals surface area contributed by atoms with Crippen molar-refractivity contribution in [3.63, 3.8) is 0 Å². The molecule has 0 radical (unpaired) electrons. The number of aromatic nitrogens is 1. The average molecular weight is 288 g/mol. The first-order valence-corrected chi connectivity index (χ1v) is 6.40. The summed E-state index contributed by atoms with van der Waals surface area (Å²) in [4.78, 5) is 11.7. The number of halogens is 1. The van der Waals surface area contributed by atoms with Gasteiger partial charge in [-0.15, -0.1) is 0 Å². The van der Waals surface area contributed by atoms with Crippen LogP contribution in [0.25, 0.3) is 6.08 Å². The second-order valence-corrected chi connectivity index (χ2v) is 4.73. The lowest BCUT2D eigenvalue weighted by molar-refractivity contribution is 0.844. The number of allylic oxidation sites excluding steroid dienone is 1. The van der Waals surface area contributed by atoms with Gasteiger partial charge in [0.15, 0.2) is 0 Å². The third-order valence-corrected chi connectivity index (χ3v) is 2.79. The molecule has 0 saturated carbocycles. The molecule has 0 aliphatic heterocycles. The Bertz CT molecular complexity index is 718. The van der Waals surface area contributed by atoms with Crippen molar-refractivity contribution in [3.8, 4) is 0 Å². The highest BCUT2D eigenvalue weighted by atomic mass is 35.5. The Balaban J connectivity index is 2.26. The summed E-state index contributed by atoms with van der Waals surface area (Å²) in [5, 5.41) is 4.40. The zero-order valence-electron chi connectivity index (χ0n) is 11.0. The van der Waals surface area contributed by atoms with Crippen molar-refractivity contribution in [2.45, 2.75) is 6.92 Å². The van der Waals surface area contributed by atoms with Crippen LogP contribution in [0, 0.1) is 6.92 Å². The van der Waals surface area contributed by atoms with E-state index in [9.17, 15) is 4.79 Å². The van der Waals surface area contributed by atoms with Gasteiger partial charge in [-0.25, -0.2) is 0 Å². The molecule has 102 valence electrons. The summed E-state index contributed by atoms with van der Waals surface area (Å²) < 4.78 is 1.11. The Morgan fingerprint density at radius 1 is 1.30 bits per heavy atom. The van der Waals surface area contributed by atoms with Crippen LogP contribution in [0.15, 0.2) is 57.4 Å². The van der Waals surface area contributed by atoms with E-state index < -0.39 is 0 Å². The number of nitrogen functional groups attached to an aromatic ring is 1. The van der Waals surface area contributed by atoms with E-state index in [1.165, 1.54) is 12.3 Å². The monoisotopic (exact) mass is 287 g/mol. The summed E-state index contributed by atoms with van der Waals surface area (Å²) in [5.41, 5.74) is 7.21. The van der Waals surface area contributed by atoms with Crippen LogP contribution >= 0.6 is 11.6 Å². The van der Waals surface area contributed by atoms with Crippen LogP contribution in [0.4, 0.5) is 5.82 Å². The van der Waals surface area contributed by atoms with Gasteiger partial charge in [-0.1, -0.05) is 41.9 Å². The van der Waals surface area contributed by atoms with Crippen molar-refractivity contribution in [2.75, 3.05) is 5.73 Å². The molecule has 0 bridgehead atoms. The Hall–Kier alpha value is -2.33.